The van der Waals surface area contributed by atoms with Gasteiger partial charge in [-0.25, -0.2) is 0 Å². The summed E-state index contributed by atoms with van der Waals surface area (Å²) in [6.07, 6.45) is 7.22. The number of imide groups is 2. The quantitative estimate of drug-likeness (QED) is 0.565. The van der Waals surface area contributed by atoms with Gasteiger partial charge in [0, 0.05) is 19.4 Å². The molecule has 0 aromatic heterocycles. The van der Waals surface area contributed by atoms with Crippen molar-refractivity contribution in [3.63, 3.8) is 0 Å². The van der Waals surface area contributed by atoms with Crippen molar-refractivity contribution in [3.8, 4) is 0 Å². The maximum absolute atomic E-state index is 12.3. The summed E-state index contributed by atoms with van der Waals surface area (Å²) in [4.78, 5) is 51.0. The van der Waals surface area contributed by atoms with Crippen LogP contribution in [0.25, 0.3) is 0 Å². The molecule has 0 N–H and O–H groups in total. The van der Waals surface area contributed by atoms with Crippen molar-refractivity contribution in [2.45, 2.75) is 39.7 Å². The van der Waals surface area contributed by atoms with E-state index in [1.54, 1.807) is 45.1 Å². The Hall–Kier alpha value is -2.24. The summed E-state index contributed by atoms with van der Waals surface area (Å²) in [5, 5.41) is 0. The molecule has 0 saturated carbocycles. The average Bonchev–Trinajstić information content (AvgIpc) is 2.91. The van der Waals surface area contributed by atoms with E-state index in [1.807, 2.05) is 0 Å². The highest BCUT2D eigenvalue weighted by atomic mass is 16.2. The highest BCUT2D eigenvalue weighted by Gasteiger charge is 2.43. The van der Waals surface area contributed by atoms with E-state index >= 15 is 0 Å². The monoisotopic (exact) mass is 318 g/mol. The molecule has 0 aromatic rings. The van der Waals surface area contributed by atoms with Gasteiger partial charge in [-0.1, -0.05) is 24.3 Å². The van der Waals surface area contributed by atoms with E-state index in [9.17, 15) is 19.2 Å². The molecule has 2 aliphatic heterocycles. The highest BCUT2D eigenvalue weighted by molar-refractivity contribution is 6.06. The molecule has 0 bridgehead atoms. The van der Waals surface area contributed by atoms with Crippen molar-refractivity contribution in [2.24, 2.45) is 11.8 Å². The van der Waals surface area contributed by atoms with Gasteiger partial charge in [0.05, 0.1) is 17.9 Å². The second-order valence-electron chi connectivity index (χ2n) is 5.97. The minimum atomic E-state index is -0.512. The molecule has 0 aromatic carbocycles. The molecule has 2 rings (SSSR count). The van der Waals surface area contributed by atoms with Crippen molar-refractivity contribution in [3.05, 3.63) is 24.3 Å². The number of nitrogens with zero attached hydrogens (tertiary/aromatic N) is 2. The first-order chi connectivity index (χ1) is 10.9. The molecule has 0 radical (unpaired) electrons. The lowest BCUT2D eigenvalue weighted by Gasteiger charge is -2.26. The third-order valence-electron chi connectivity index (χ3n) is 4.23. The molecule has 124 valence electrons. The molecule has 2 fully saturated rings. The van der Waals surface area contributed by atoms with E-state index in [4.69, 9.17) is 0 Å². The van der Waals surface area contributed by atoms with Crippen LogP contribution < -0.4 is 0 Å². The summed E-state index contributed by atoms with van der Waals surface area (Å²) < 4.78 is 0. The molecular weight excluding hydrogens is 296 g/mol. The molecule has 0 spiro atoms. The number of rotatable bonds is 5. The summed E-state index contributed by atoms with van der Waals surface area (Å²) in [6, 6.07) is -0.512. The first-order valence-electron chi connectivity index (χ1n) is 7.86. The fourth-order valence-electron chi connectivity index (χ4n) is 3.15. The van der Waals surface area contributed by atoms with Crippen LogP contribution in [0.3, 0.4) is 0 Å². The maximum atomic E-state index is 12.3. The molecule has 2 heterocycles. The van der Waals surface area contributed by atoms with Crippen LogP contribution in [0.5, 0.6) is 0 Å². The summed E-state index contributed by atoms with van der Waals surface area (Å²) >= 11 is 0. The van der Waals surface area contributed by atoms with Crippen LogP contribution in [0.2, 0.25) is 0 Å². The second kappa shape index (κ2) is 6.89. The van der Waals surface area contributed by atoms with E-state index in [2.05, 4.69) is 0 Å². The normalized spacial score (nSPS) is 27.3. The Morgan fingerprint density at radius 3 is 2.04 bits per heavy atom. The van der Waals surface area contributed by atoms with Crippen LogP contribution in [-0.4, -0.2) is 46.0 Å². The largest absolute Gasteiger partial charge is 0.280 e. The van der Waals surface area contributed by atoms with Crippen LogP contribution >= 0.6 is 0 Å². The number of carbonyl (C=O) groups is 4. The molecule has 4 amide bonds. The predicted molar refractivity (Wildman–Crippen MR) is 83.9 cm³/mol. The van der Waals surface area contributed by atoms with Gasteiger partial charge in [0.2, 0.25) is 23.6 Å². The lowest BCUT2D eigenvalue weighted by Crippen LogP contribution is -2.47. The fraction of sp³-hybridized carbons (Fsp3) is 0.529. The molecule has 6 nitrogen and oxygen atoms in total. The Balaban J connectivity index is 2.09. The van der Waals surface area contributed by atoms with E-state index in [0.717, 1.165) is 0 Å². The van der Waals surface area contributed by atoms with Crippen LogP contribution in [-0.2, 0) is 19.2 Å². The Kier molecular flexibility index (Phi) is 5.13. The Bertz CT molecular complexity index is 593. The molecule has 2 aliphatic rings. The van der Waals surface area contributed by atoms with Crippen molar-refractivity contribution in [1.29, 1.82) is 0 Å². The van der Waals surface area contributed by atoms with E-state index < -0.39 is 17.9 Å². The highest BCUT2D eigenvalue weighted by Crippen LogP contribution is 2.26. The average molecular weight is 318 g/mol. The van der Waals surface area contributed by atoms with Gasteiger partial charge >= 0.3 is 0 Å². The Morgan fingerprint density at radius 2 is 1.48 bits per heavy atom. The van der Waals surface area contributed by atoms with Gasteiger partial charge in [0.15, 0.2) is 0 Å². The number of hydrogen-bond acceptors (Lipinski definition) is 4. The SMILES string of the molecule is C/C=C/C1CC(=O)N(CC(C)N2C(=O)CC(/C=C/C)C2=O)C1=O. The number of likely N-dealkylation sites (tertiary alicyclic amines) is 2. The first-order valence-corrected chi connectivity index (χ1v) is 7.86. The van der Waals surface area contributed by atoms with Crippen molar-refractivity contribution < 1.29 is 19.2 Å². The molecule has 3 atom stereocenters. The van der Waals surface area contributed by atoms with Gasteiger partial charge in [0.25, 0.3) is 0 Å². The van der Waals surface area contributed by atoms with Gasteiger partial charge in [-0.05, 0) is 20.8 Å². The zero-order valence-corrected chi connectivity index (χ0v) is 13.7. The van der Waals surface area contributed by atoms with Gasteiger partial charge < -0.3 is 0 Å². The number of allylic oxidation sites excluding steroid dienone is 2. The molecule has 3 unspecified atom stereocenters. The summed E-state index contributed by atoms with van der Waals surface area (Å²) in [7, 11) is 0. The Morgan fingerprint density at radius 1 is 0.957 bits per heavy atom. The number of amides is 4. The second-order valence-corrected chi connectivity index (χ2v) is 5.97. The van der Waals surface area contributed by atoms with E-state index in [1.165, 1.54) is 9.80 Å². The first kappa shape index (κ1) is 17.1. The summed E-state index contributed by atoms with van der Waals surface area (Å²) in [5.74, 6) is -1.89. The summed E-state index contributed by atoms with van der Waals surface area (Å²) in [5.41, 5.74) is 0. The summed E-state index contributed by atoms with van der Waals surface area (Å²) in [6.45, 7) is 5.35. The third-order valence-corrected chi connectivity index (χ3v) is 4.23. The van der Waals surface area contributed by atoms with E-state index in [-0.39, 0.29) is 43.0 Å². The lowest BCUT2D eigenvalue weighted by molar-refractivity contribution is -0.146. The van der Waals surface area contributed by atoms with Crippen LogP contribution in [0.15, 0.2) is 24.3 Å². The number of hydrogen-bond donors (Lipinski definition) is 0. The molecular formula is C17H22N2O4. The van der Waals surface area contributed by atoms with Gasteiger partial charge in [-0.2, -0.15) is 0 Å². The van der Waals surface area contributed by atoms with Gasteiger partial charge in [-0.3, -0.25) is 29.0 Å². The topological polar surface area (TPSA) is 74.8 Å². The smallest absolute Gasteiger partial charge is 0.236 e. The fourth-order valence-corrected chi connectivity index (χ4v) is 3.15. The number of carbonyl (C=O) groups excluding carboxylic acids is 4. The van der Waals surface area contributed by atoms with Crippen molar-refractivity contribution in [2.75, 3.05) is 6.54 Å². The predicted octanol–water partition coefficient (Wildman–Crippen LogP) is 1.28. The minimum absolute atomic E-state index is 0.0613. The maximum Gasteiger partial charge on any atom is 0.236 e. The molecule has 0 aliphatic carbocycles. The van der Waals surface area contributed by atoms with Gasteiger partial charge in [0.1, 0.15) is 0 Å². The zero-order chi connectivity index (χ0) is 17.1. The standard InChI is InChI=1S/C17H22N2O4/c1-4-6-12-8-14(20)18(16(12)22)10-11(3)19-15(21)9-13(7-5-2)17(19)23/h4-7,11-13H,8-10H2,1-3H3/b6-4+,7-5+. The minimum Gasteiger partial charge on any atom is -0.280 e. The molecule has 23 heavy (non-hydrogen) atoms. The lowest BCUT2D eigenvalue weighted by atomic mass is 10.1. The zero-order valence-electron chi connectivity index (χ0n) is 13.7. The van der Waals surface area contributed by atoms with Crippen molar-refractivity contribution >= 4 is 23.6 Å². The third kappa shape index (κ3) is 3.25. The van der Waals surface area contributed by atoms with Crippen LogP contribution in [0.1, 0.15) is 33.6 Å². The Labute approximate surface area is 135 Å². The molecule has 6 heteroatoms. The van der Waals surface area contributed by atoms with Crippen LogP contribution in [0, 0.1) is 11.8 Å². The van der Waals surface area contributed by atoms with E-state index in [0.29, 0.717) is 0 Å². The van der Waals surface area contributed by atoms with Crippen molar-refractivity contribution in [1.82, 2.24) is 9.80 Å². The molecule has 2 saturated heterocycles. The van der Waals surface area contributed by atoms with Crippen LogP contribution in [0.4, 0.5) is 0 Å². The van der Waals surface area contributed by atoms with Gasteiger partial charge in [-0.15, -0.1) is 0 Å².